The van der Waals surface area contributed by atoms with Crippen molar-refractivity contribution in [2.75, 3.05) is 0 Å². The Morgan fingerprint density at radius 3 is 2.94 bits per heavy atom. The molecule has 0 saturated carbocycles. The molecule has 1 N–H and O–H groups in total. The minimum atomic E-state index is -0.144. The van der Waals surface area contributed by atoms with Crippen molar-refractivity contribution in [1.29, 1.82) is 0 Å². The lowest BCUT2D eigenvalue weighted by Crippen LogP contribution is -2.30. The molecule has 2 rings (SSSR count). The monoisotopic (exact) mass is 264 g/mol. The molecule has 5 nitrogen and oxygen atoms in total. The third-order valence-electron chi connectivity index (χ3n) is 2.52. The maximum atomic E-state index is 11.8. The van der Waals surface area contributed by atoms with E-state index in [0.29, 0.717) is 5.02 Å². The van der Waals surface area contributed by atoms with Gasteiger partial charge < -0.3 is 5.32 Å². The predicted octanol–water partition coefficient (Wildman–Crippen LogP) is 1.81. The number of carbonyl (C=O) groups excluding carboxylic acids is 1. The summed E-state index contributed by atoms with van der Waals surface area (Å²) in [6.07, 6.45) is 2.89. The Bertz CT molecular complexity index is 527. The van der Waals surface area contributed by atoms with E-state index in [0.717, 1.165) is 5.56 Å². The summed E-state index contributed by atoms with van der Waals surface area (Å²) in [5.74, 6) is -0.132. The first-order valence-corrected chi connectivity index (χ1v) is 5.91. The second-order valence-corrected chi connectivity index (χ2v) is 4.31. The Hall–Kier alpha value is -1.88. The van der Waals surface area contributed by atoms with Gasteiger partial charge in [-0.25, -0.2) is 9.67 Å². The minimum Gasteiger partial charge on any atom is -0.348 e. The molecule has 1 amide bonds. The number of amides is 1. The van der Waals surface area contributed by atoms with Crippen molar-refractivity contribution in [1.82, 2.24) is 20.1 Å². The van der Waals surface area contributed by atoms with E-state index in [1.165, 1.54) is 17.3 Å². The van der Waals surface area contributed by atoms with Crippen LogP contribution in [0.2, 0.25) is 5.02 Å². The number of aromatic nitrogens is 3. The summed E-state index contributed by atoms with van der Waals surface area (Å²) < 4.78 is 1.47. The van der Waals surface area contributed by atoms with E-state index in [4.69, 9.17) is 11.6 Å². The Morgan fingerprint density at radius 2 is 2.28 bits per heavy atom. The molecule has 0 aliphatic heterocycles. The first-order valence-electron chi connectivity index (χ1n) is 5.53. The maximum Gasteiger partial charge on any atom is 0.242 e. The quantitative estimate of drug-likeness (QED) is 0.916. The SMILES string of the molecule is C[C@H](NC(=O)Cn1cncn1)c1ccccc1Cl. The van der Waals surface area contributed by atoms with E-state index < -0.39 is 0 Å². The number of halogens is 1. The van der Waals surface area contributed by atoms with Gasteiger partial charge in [0, 0.05) is 5.02 Å². The summed E-state index contributed by atoms with van der Waals surface area (Å²) >= 11 is 6.07. The highest BCUT2D eigenvalue weighted by Crippen LogP contribution is 2.21. The van der Waals surface area contributed by atoms with Gasteiger partial charge >= 0.3 is 0 Å². The lowest BCUT2D eigenvalue weighted by atomic mass is 10.1. The maximum absolute atomic E-state index is 11.8. The Labute approximate surface area is 110 Å². The summed E-state index contributed by atoms with van der Waals surface area (Å²) in [7, 11) is 0. The van der Waals surface area contributed by atoms with E-state index >= 15 is 0 Å². The van der Waals surface area contributed by atoms with Gasteiger partial charge in [0.1, 0.15) is 19.2 Å². The molecule has 1 aromatic heterocycles. The molecule has 0 aliphatic rings. The standard InChI is InChI=1S/C12H13ClN4O/c1-9(10-4-2-3-5-11(10)13)16-12(18)6-17-8-14-7-15-17/h2-5,7-9H,6H2,1H3,(H,16,18)/t9-/m0/s1. The molecule has 18 heavy (non-hydrogen) atoms. The molecule has 0 spiro atoms. The molecule has 6 heteroatoms. The van der Waals surface area contributed by atoms with E-state index in [9.17, 15) is 4.79 Å². The van der Waals surface area contributed by atoms with E-state index in [1.54, 1.807) is 6.07 Å². The molecule has 1 aromatic carbocycles. The molecule has 0 radical (unpaired) electrons. The van der Waals surface area contributed by atoms with Crippen molar-refractivity contribution in [2.45, 2.75) is 19.5 Å². The number of nitrogens with zero attached hydrogens (tertiary/aromatic N) is 3. The van der Waals surface area contributed by atoms with Gasteiger partial charge in [-0.05, 0) is 18.6 Å². The molecule has 0 saturated heterocycles. The van der Waals surface area contributed by atoms with Gasteiger partial charge in [-0.2, -0.15) is 5.10 Å². The van der Waals surface area contributed by atoms with Gasteiger partial charge in [0.25, 0.3) is 0 Å². The van der Waals surface area contributed by atoms with Crippen LogP contribution in [0.1, 0.15) is 18.5 Å². The number of hydrogen-bond donors (Lipinski definition) is 1. The molecule has 1 heterocycles. The molecule has 0 fully saturated rings. The lowest BCUT2D eigenvalue weighted by Gasteiger charge is -2.15. The van der Waals surface area contributed by atoms with Crippen LogP contribution < -0.4 is 5.32 Å². The first-order chi connectivity index (χ1) is 8.66. The summed E-state index contributed by atoms with van der Waals surface area (Å²) in [5.41, 5.74) is 0.895. The third kappa shape index (κ3) is 3.07. The summed E-state index contributed by atoms with van der Waals surface area (Å²) in [6, 6.07) is 7.30. The number of rotatable bonds is 4. The van der Waals surface area contributed by atoms with Crippen LogP contribution in [0.25, 0.3) is 0 Å². The smallest absolute Gasteiger partial charge is 0.242 e. The fourth-order valence-corrected chi connectivity index (χ4v) is 1.95. The van der Waals surface area contributed by atoms with Crippen LogP contribution in [0.15, 0.2) is 36.9 Å². The Morgan fingerprint density at radius 1 is 1.50 bits per heavy atom. The normalized spacial score (nSPS) is 12.1. The fraction of sp³-hybridized carbons (Fsp3) is 0.250. The van der Waals surface area contributed by atoms with Crippen LogP contribution in [0.4, 0.5) is 0 Å². The molecule has 2 aromatic rings. The zero-order chi connectivity index (χ0) is 13.0. The van der Waals surface area contributed by atoms with E-state index in [-0.39, 0.29) is 18.5 Å². The van der Waals surface area contributed by atoms with Crippen LogP contribution in [0, 0.1) is 0 Å². The molecular formula is C12H13ClN4O. The van der Waals surface area contributed by atoms with Crippen molar-refractivity contribution in [3.8, 4) is 0 Å². The second kappa shape index (κ2) is 5.64. The van der Waals surface area contributed by atoms with Crippen LogP contribution in [-0.4, -0.2) is 20.7 Å². The van der Waals surface area contributed by atoms with E-state index in [1.807, 2.05) is 25.1 Å². The predicted molar refractivity (Wildman–Crippen MR) is 68.0 cm³/mol. The highest BCUT2D eigenvalue weighted by Gasteiger charge is 2.12. The zero-order valence-electron chi connectivity index (χ0n) is 9.88. The van der Waals surface area contributed by atoms with Gasteiger partial charge in [0.05, 0.1) is 6.04 Å². The Kier molecular flexibility index (Phi) is 3.94. The van der Waals surface area contributed by atoms with Crippen molar-refractivity contribution < 1.29 is 4.79 Å². The van der Waals surface area contributed by atoms with Crippen molar-refractivity contribution in [3.05, 3.63) is 47.5 Å². The number of benzene rings is 1. The van der Waals surface area contributed by atoms with Crippen molar-refractivity contribution in [3.63, 3.8) is 0 Å². The topological polar surface area (TPSA) is 59.8 Å². The molecule has 0 bridgehead atoms. The van der Waals surface area contributed by atoms with Crippen molar-refractivity contribution >= 4 is 17.5 Å². The molecular weight excluding hydrogens is 252 g/mol. The van der Waals surface area contributed by atoms with Crippen LogP contribution in [-0.2, 0) is 11.3 Å². The van der Waals surface area contributed by atoms with Gasteiger partial charge in [0.2, 0.25) is 5.91 Å². The highest BCUT2D eigenvalue weighted by molar-refractivity contribution is 6.31. The summed E-state index contributed by atoms with van der Waals surface area (Å²) in [5, 5.41) is 7.38. The number of carbonyl (C=O) groups is 1. The van der Waals surface area contributed by atoms with Gasteiger partial charge in [0.15, 0.2) is 0 Å². The minimum absolute atomic E-state index is 0.132. The van der Waals surface area contributed by atoms with Gasteiger partial charge in [-0.1, -0.05) is 29.8 Å². The number of nitrogens with one attached hydrogen (secondary N) is 1. The van der Waals surface area contributed by atoms with E-state index in [2.05, 4.69) is 15.4 Å². The van der Waals surface area contributed by atoms with Crippen LogP contribution in [0.5, 0.6) is 0 Å². The molecule has 1 atom stereocenters. The average Bonchev–Trinajstić information content (AvgIpc) is 2.82. The molecule has 94 valence electrons. The fourth-order valence-electron chi connectivity index (χ4n) is 1.65. The molecule has 0 aliphatic carbocycles. The first kappa shape index (κ1) is 12.6. The van der Waals surface area contributed by atoms with Crippen LogP contribution >= 0.6 is 11.6 Å². The van der Waals surface area contributed by atoms with Crippen molar-refractivity contribution in [2.24, 2.45) is 0 Å². The summed E-state index contributed by atoms with van der Waals surface area (Å²) in [4.78, 5) is 15.5. The average molecular weight is 265 g/mol. The number of hydrogen-bond acceptors (Lipinski definition) is 3. The van der Waals surface area contributed by atoms with Crippen LogP contribution in [0.3, 0.4) is 0 Å². The largest absolute Gasteiger partial charge is 0.348 e. The zero-order valence-corrected chi connectivity index (χ0v) is 10.6. The second-order valence-electron chi connectivity index (χ2n) is 3.90. The van der Waals surface area contributed by atoms with Gasteiger partial charge in [-0.3, -0.25) is 4.79 Å². The summed E-state index contributed by atoms with van der Waals surface area (Å²) in [6.45, 7) is 2.04. The van der Waals surface area contributed by atoms with Gasteiger partial charge in [-0.15, -0.1) is 0 Å². The lowest BCUT2D eigenvalue weighted by molar-refractivity contribution is -0.122. The highest BCUT2D eigenvalue weighted by atomic mass is 35.5. The third-order valence-corrected chi connectivity index (χ3v) is 2.87. The Balaban J connectivity index is 1.97. The molecule has 0 unspecified atom stereocenters.